The second-order valence-electron chi connectivity index (χ2n) is 7.36. The Morgan fingerprint density at radius 3 is 2.46 bits per heavy atom. The van der Waals surface area contributed by atoms with Gasteiger partial charge in [0.1, 0.15) is 12.4 Å². The first kappa shape index (κ1) is 18.3. The highest BCUT2D eigenvalue weighted by atomic mass is 19.1. The SMILES string of the molecule is CN(CC(=O)N1N=C(c2ccccc2F)C[C@H]1c1ccccc1)C(=O)C1CC1. The van der Waals surface area contributed by atoms with Gasteiger partial charge in [0, 0.05) is 24.9 Å². The van der Waals surface area contributed by atoms with Gasteiger partial charge in [-0.05, 0) is 24.5 Å². The Labute approximate surface area is 163 Å². The van der Waals surface area contributed by atoms with Gasteiger partial charge in [-0.1, -0.05) is 48.5 Å². The summed E-state index contributed by atoms with van der Waals surface area (Å²) in [5.74, 6) is -0.569. The average Bonchev–Trinajstić information content (AvgIpc) is 3.46. The highest BCUT2D eigenvalue weighted by molar-refractivity contribution is 6.03. The van der Waals surface area contributed by atoms with Gasteiger partial charge in [0.15, 0.2) is 0 Å². The molecule has 0 bridgehead atoms. The van der Waals surface area contributed by atoms with E-state index in [1.54, 1.807) is 25.2 Å². The van der Waals surface area contributed by atoms with Crippen LogP contribution in [0.5, 0.6) is 0 Å². The van der Waals surface area contributed by atoms with Crippen molar-refractivity contribution in [3.63, 3.8) is 0 Å². The molecule has 2 aliphatic rings. The summed E-state index contributed by atoms with van der Waals surface area (Å²) in [4.78, 5) is 26.7. The number of carbonyl (C=O) groups is 2. The number of benzene rings is 2. The van der Waals surface area contributed by atoms with Gasteiger partial charge in [0.05, 0.1) is 11.8 Å². The highest BCUT2D eigenvalue weighted by Gasteiger charge is 2.36. The topological polar surface area (TPSA) is 53.0 Å². The number of likely N-dealkylation sites (N-methyl/N-ethyl adjacent to an activating group) is 1. The van der Waals surface area contributed by atoms with E-state index in [0.29, 0.717) is 17.7 Å². The molecule has 2 aromatic carbocycles. The van der Waals surface area contributed by atoms with Crippen LogP contribution in [-0.2, 0) is 9.59 Å². The molecular weight excluding hydrogens is 357 g/mol. The van der Waals surface area contributed by atoms with E-state index in [-0.39, 0.29) is 36.1 Å². The zero-order valence-corrected chi connectivity index (χ0v) is 15.7. The summed E-state index contributed by atoms with van der Waals surface area (Å²) in [6.45, 7) is -0.0350. The molecule has 0 radical (unpaired) electrons. The Balaban J connectivity index is 1.60. The third kappa shape index (κ3) is 3.67. The van der Waals surface area contributed by atoms with Crippen molar-refractivity contribution in [2.24, 2.45) is 11.0 Å². The lowest BCUT2D eigenvalue weighted by Gasteiger charge is -2.25. The van der Waals surface area contributed by atoms with Gasteiger partial charge in [0.2, 0.25) is 5.91 Å². The molecule has 1 atom stereocenters. The van der Waals surface area contributed by atoms with Crippen LogP contribution in [-0.4, -0.2) is 41.0 Å². The largest absolute Gasteiger partial charge is 0.336 e. The Kier molecular flexibility index (Phi) is 4.94. The fourth-order valence-corrected chi connectivity index (χ4v) is 3.53. The third-order valence-electron chi connectivity index (χ3n) is 5.21. The van der Waals surface area contributed by atoms with Crippen LogP contribution in [0.1, 0.15) is 36.4 Å². The van der Waals surface area contributed by atoms with Gasteiger partial charge < -0.3 is 4.90 Å². The van der Waals surface area contributed by atoms with Crippen LogP contribution >= 0.6 is 0 Å². The molecule has 1 heterocycles. The predicted octanol–water partition coefficient (Wildman–Crippen LogP) is 3.37. The molecular formula is C22H22FN3O2. The molecule has 0 unspecified atom stereocenters. The molecule has 0 saturated heterocycles. The van der Waals surface area contributed by atoms with E-state index >= 15 is 0 Å². The summed E-state index contributed by atoms with van der Waals surface area (Å²) >= 11 is 0. The number of hydrazone groups is 1. The van der Waals surface area contributed by atoms with Crippen molar-refractivity contribution < 1.29 is 14.0 Å². The lowest BCUT2D eigenvalue weighted by atomic mass is 9.98. The summed E-state index contributed by atoms with van der Waals surface area (Å²) in [5, 5.41) is 5.88. The van der Waals surface area contributed by atoms with E-state index < -0.39 is 0 Å². The Morgan fingerprint density at radius 2 is 1.79 bits per heavy atom. The average molecular weight is 379 g/mol. The number of hydrogen-bond donors (Lipinski definition) is 0. The fraction of sp³-hybridized carbons (Fsp3) is 0.318. The Hall–Kier alpha value is -3.02. The van der Waals surface area contributed by atoms with Crippen LogP contribution in [0.4, 0.5) is 4.39 Å². The van der Waals surface area contributed by atoms with Gasteiger partial charge in [-0.25, -0.2) is 9.40 Å². The van der Waals surface area contributed by atoms with Crippen molar-refractivity contribution in [1.82, 2.24) is 9.91 Å². The number of hydrogen-bond acceptors (Lipinski definition) is 3. The first-order valence-corrected chi connectivity index (χ1v) is 9.49. The first-order chi connectivity index (χ1) is 13.5. The van der Waals surface area contributed by atoms with E-state index in [0.717, 1.165) is 18.4 Å². The highest BCUT2D eigenvalue weighted by Crippen LogP contribution is 2.34. The zero-order valence-electron chi connectivity index (χ0n) is 15.7. The minimum Gasteiger partial charge on any atom is -0.336 e. The number of rotatable bonds is 5. The van der Waals surface area contributed by atoms with E-state index in [2.05, 4.69) is 5.10 Å². The van der Waals surface area contributed by atoms with Crippen LogP contribution in [0.25, 0.3) is 0 Å². The van der Waals surface area contributed by atoms with Crippen LogP contribution in [0.2, 0.25) is 0 Å². The molecule has 0 aromatic heterocycles. The maximum Gasteiger partial charge on any atom is 0.262 e. The Morgan fingerprint density at radius 1 is 1.11 bits per heavy atom. The van der Waals surface area contributed by atoms with Crippen LogP contribution in [0.3, 0.4) is 0 Å². The second kappa shape index (κ2) is 7.54. The zero-order chi connectivity index (χ0) is 19.7. The molecule has 2 amide bonds. The molecule has 1 aliphatic heterocycles. The smallest absolute Gasteiger partial charge is 0.262 e. The van der Waals surface area contributed by atoms with Gasteiger partial charge in [-0.15, -0.1) is 0 Å². The van der Waals surface area contributed by atoms with Crippen molar-refractivity contribution in [1.29, 1.82) is 0 Å². The van der Waals surface area contributed by atoms with Gasteiger partial charge in [-0.2, -0.15) is 5.10 Å². The third-order valence-corrected chi connectivity index (χ3v) is 5.21. The van der Waals surface area contributed by atoms with Crippen molar-refractivity contribution in [3.05, 3.63) is 71.5 Å². The predicted molar refractivity (Wildman–Crippen MR) is 104 cm³/mol. The minimum atomic E-state index is -0.358. The van der Waals surface area contributed by atoms with Crippen molar-refractivity contribution >= 4 is 17.5 Å². The van der Waals surface area contributed by atoms with Gasteiger partial charge >= 0.3 is 0 Å². The molecule has 6 heteroatoms. The maximum atomic E-state index is 14.3. The van der Waals surface area contributed by atoms with E-state index in [1.165, 1.54) is 16.0 Å². The minimum absolute atomic E-state index is 0.00196. The van der Waals surface area contributed by atoms with Gasteiger partial charge in [-0.3, -0.25) is 9.59 Å². The molecule has 1 saturated carbocycles. The summed E-state index contributed by atoms with van der Waals surface area (Å²) in [6.07, 6.45) is 2.21. The maximum absolute atomic E-state index is 14.3. The van der Waals surface area contributed by atoms with E-state index in [1.807, 2.05) is 30.3 Å². The number of nitrogens with zero attached hydrogens (tertiary/aromatic N) is 3. The fourth-order valence-electron chi connectivity index (χ4n) is 3.53. The van der Waals surface area contributed by atoms with Crippen molar-refractivity contribution in [2.45, 2.75) is 25.3 Å². The summed E-state index contributed by atoms with van der Waals surface area (Å²) in [5.41, 5.74) is 1.87. The second-order valence-corrected chi connectivity index (χ2v) is 7.36. The number of halogens is 1. The summed E-state index contributed by atoms with van der Waals surface area (Å²) in [7, 11) is 1.65. The lowest BCUT2D eigenvalue weighted by molar-refractivity contribution is -0.141. The quantitative estimate of drug-likeness (QED) is 0.800. The molecule has 0 N–H and O–H groups in total. The van der Waals surface area contributed by atoms with Crippen LogP contribution in [0.15, 0.2) is 59.7 Å². The normalized spacial score (nSPS) is 18.7. The van der Waals surface area contributed by atoms with Crippen molar-refractivity contribution in [2.75, 3.05) is 13.6 Å². The van der Waals surface area contributed by atoms with E-state index in [4.69, 9.17) is 0 Å². The first-order valence-electron chi connectivity index (χ1n) is 9.49. The molecule has 1 fully saturated rings. The molecule has 2 aromatic rings. The standard InChI is InChI=1S/C22H22FN3O2/c1-25(22(28)16-11-12-16)14-21(27)26-20(15-7-3-2-4-8-15)13-19(24-26)17-9-5-6-10-18(17)23/h2-10,16,20H,11-14H2,1H3/t20-/m0/s1. The van der Waals surface area contributed by atoms with Crippen LogP contribution < -0.4 is 0 Å². The van der Waals surface area contributed by atoms with E-state index in [9.17, 15) is 14.0 Å². The molecule has 1 aliphatic carbocycles. The number of amides is 2. The molecule has 28 heavy (non-hydrogen) atoms. The molecule has 0 spiro atoms. The molecule has 5 nitrogen and oxygen atoms in total. The Bertz CT molecular complexity index is 924. The van der Waals surface area contributed by atoms with Crippen molar-refractivity contribution in [3.8, 4) is 0 Å². The monoisotopic (exact) mass is 379 g/mol. The van der Waals surface area contributed by atoms with Crippen LogP contribution in [0, 0.1) is 11.7 Å². The summed E-state index contributed by atoms with van der Waals surface area (Å²) in [6, 6.07) is 15.7. The lowest BCUT2D eigenvalue weighted by Crippen LogP contribution is -2.39. The molecule has 144 valence electrons. The van der Waals surface area contributed by atoms with Gasteiger partial charge in [0.25, 0.3) is 5.91 Å². The molecule has 4 rings (SSSR count). The number of carbonyl (C=O) groups excluding carboxylic acids is 2. The summed E-state index contributed by atoms with van der Waals surface area (Å²) < 4.78 is 14.3.